The highest BCUT2D eigenvalue weighted by Gasteiger charge is 2.35. The summed E-state index contributed by atoms with van der Waals surface area (Å²) in [6, 6.07) is 24.3. The average Bonchev–Trinajstić information content (AvgIpc) is 3.40. The van der Waals surface area contributed by atoms with E-state index in [1.165, 1.54) is 12.1 Å². The molecule has 8 heteroatoms. The monoisotopic (exact) mass is 504 g/mol. The summed E-state index contributed by atoms with van der Waals surface area (Å²) in [5.41, 5.74) is 4.03. The summed E-state index contributed by atoms with van der Waals surface area (Å²) in [4.78, 5) is 9.52. The predicted molar refractivity (Wildman–Crippen MR) is 141 cm³/mol. The number of halogens is 1. The Morgan fingerprint density at radius 1 is 0.895 bits per heavy atom. The zero-order valence-electron chi connectivity index (χ0n) is 20.6. The lowest BCUT2D eigenvalue weighted by Crippen LogP contribution is -2.15. The number of fused-ring (bicyclic) bond motifs is 6. The van der Waals surface area contributed by atoms with Gasteiger partial charge in [0.2, 0.25) is 5.88 Å². The van der Waals surface area contributed by atoms with E-state index in [1.54, 1.807) is 37.2 Å². The van der Waals surface area contributed by atoms with Crippen LogP contribution in [0.2, 0.25) is 0 Å². The van der Waals surface area contributed by atoms with Gasteiger partial charge in [0.15, 0.2) is 23.0 Å². The van der Waals surface area contributed by atoms with Gasteiger partial charge in [0, 0.05) is 22.4 Å². The molecule has 6 aromatic rings. The number of nitrogens with zero attached hydrogens (tertiary/aromatic N) is 4. The first-order valence-corrected chi connectivity index (χ1v) is 12.1. The molecule has 1 aliphatic rings. The Balaban J connectivity index is 1.50. The molecule has 1 atom stereocenters. The summed E-state index contributed by atoms with van der Waals surface area (Å²) in [5, 5.41) is 6.70. The zero-order valence-corrected chi connectivity index (χ0v) is 20.6. The van der Waals surface area contributed by atoms with Crippen LogP contribution in [0.1, 0.15) is 22.6 Å². The van der Waals surface area contributed by atoms with Crippen LogP contribution >= 0.6 is 0 Å². The minimum absolute atomic E-state index is 0.278. The number of methoxy groups -OCH3 is 2. The van der Waals surface area contributed by atoms with Crippen molar-refractivity contribution < 1.29 is 18.6 Å². The SMILES string of the molecule is COc1ccc(C2c3ccc4ccccc4c3Oc3ncn4nc(-c5ccc(F)cc5)nc4c32)cc1OC. The molecule has 4 aromatic carbocycles. The Kier molecular flexibility index (Phi) is 5.00. The molecule has 7 rings (SSSR count). The van der Waals surface area contributed by atoms with Gasteiger partial charge in [0.1, 0.15) is 17.9 Å². The van der Waals surface area contributed by atoms with Gasteiger partial charge in [0.05, 0.1) is 19.8 Å². The molecule has 3 heterocycles. The van der Waals surface area contributed by atoms with Crippen LogP contribution in [-0.2, 0) is 0 Å². The first-order valence-electron chi connectivity index (χ1n) is 12.1. The van der Waals surface area contributed by atoms with Crippen LogP contribution in [0.25, 0.3) is 27.8 Å². The molecule has 38 heavy (non-hydrogen) atoms. The van der Waals surface area contributed by atoms with Gasteiger partial charge in [-0.1, -0.05) is 42.5 Å². The predicted octanol–water partition coefficient (Wildman–Crippen LogP) is 6.39. The van der Waals surface area contributed by atoms with Gasteiger partial charge in [0.25, 0.3) is 0 Å². The van der Waals surface area contributed by atoms with Gasteiger partial charge < -0.3 is 14.2 Å². The van der Waals surface area contributed by atoms with Crippen molar-refractivity contribution in [3.05, 3.63) is 108 Å². The highest BCUT2D eigenvalue weighted by Crippen LogP contribution is 2.51. The quantitative estimate of drug-likeness (QED) is 0.277. The number of rotatable bonds is 4. The number of aromatic nitrogens is 4. The Morgan fingerprint density at radius 2 is 1.71 bits per heavy atom. The molecule has 0 N–H and O–H groups in total. The third-order valence-electron chi connectivity index (χ3n) is 6.94. The lowest BCUT2D eigenvalue weighted by atomic mass is 9.82. The lowest BCUT2D eigenvalue weighted by Gasteiger charge is -2.29. The summed E-state index contributed by atoms with van der Waals surface area (Å²) in [7, 11) is 3.23. The number of ether oxygens (including phenoxy) is 3. The van der Waals surface area contributed by atoms with E-state index in [0.717, 1.165) is 33.2 Å². The van der Waals surface area contributed by atoms with Crippen LogP contribution < -0.4 is 14.2 Å². The number of hydrogen-bond donors (Lipinski definition) is 0. The molecular weight excluding hydrogens is 483 g/mol. The first-order chi connectivity index (χ1) is 18.6. The van der Waals surface area contributed by atoms with E-state index in [4.69, 9.17) is 19.2 Å². The van der Waals surface area contributed by atoms with Crippen molar-refractivity contribution >= 4 is 16.4 Å². The molecule has 0 saturated heterocycles. The van der Waals surface area contributed by atoms with Crippen molar-refractivity contribution in [3.8, 4) is 34.5 Å². The summed E-state index contributed by atoms with van der Waals surface area (Å²) in [5.74, 6) is 2.34. The molecule has 1 aliphatic heterocycles. The van der Waals surface area contributed by atoms with E-state index >= 15 is 0 Å². The molecule has 0 spiro atoms. The molecule has 0 radical (unpaired) electrons. The fourth-order valence-electron chi connectivity index (χ4n) is 5.15. The molecule has 0 aliphatic carbocycles. The van der Waals surface area contributed by atoms with E-state index in [1.807, 2.05) is 36.4 Å². The Bertz CT molecular complexity index is 1850. The van der Waals surface area contributed by atoms with Crippen molar-refractivity contribution in [1.29, 1.82) is 0 Å². The molecule has 186 valence electrons. The highest BCUT2D eigenvalue weighted by atomic mass is 19.1. The fraction of sp³-hybridized carbons (Fsp3) is 0.100. The van der Waals surface area contributed by atoms with Gasteiger partial charge >= 0.3 is 0 Å². The summed E-state index contributed by atoms with van der Waals surface area (Å²) >= 11 is 0. The third kappa shape index (κ3) is 3.37. The molecule has 0 saturated carbocycles. The maximum absolute atomic E-state index is 13.5. The molecule has 7 nitrogen and oxygen atoms in total. The van der Waals surface area contributed by atoms with Crippen LogP contribution in [-0.4, -0.2) is 33.8 Å². The second-order valence-corrected chi connectivity index (χ2v) is 9.03. The van der Waals surface area contributed by atoms with Crippen molar-refractivity contribution in [2.24, 2.45) is 0 Å². The van der Waals surface area contributed by atoms with Gasteiger partial charge in [-0.2, -0.15) is 0 Å². The van der Waals surface area contributed by atoms with Crippen LogP contribution in [0.15, 0.2) is 85.2 Å². The van der Waals surface area contributed by atoms with Crippen molar-refractivity contribution in [2.45, 2.75) is 5.92 Å². The van der Waals surface area contributed by atoms with Crippen LogP contribution in [0, 0.1) is 5.82 Å². The van der Waals surface area contributed by atoms with Crippen LogP contribution in [0.3, 0.4) is 0 Å². The van der Waals surface area contributed by atoms with E-state index in [2.05, 4.69) is 28.3 Å². The second kappa shape index (κ2) is 8.55. The Morgan fingerprint density at radius 3 is 2.53 bits per heavy atom. The lowest BCUT2D eigenvalue weighted by molar-refractivity contribution is 0.354. The Labute approximate surface area is 217 Å². The van der Waals surface area contributed by atoms with Gasteiger partial charge in [-0.25, -0.2) is 18.9 Å². The molecule has 0 bridgehead atoms. The topological polar surface area (TPSA) is 70.8 Å². The van der Waals surface area contributed by atoms with Gasteiger partial charge in [-0.05, 0) is 47.3 Å². The Hall–Kier alpha value is -4.98. The van der Waals surface area contributed by atoms with Crippen LogP contribution in [0.4, 0.5) is 4.39 Å². The number of benzene rings is 4. The maximum Gasteiger partial charge on any atom is 0.228 e. The largest absolute Gasteiger partial charge is 0.493 e. The highest BCUT2D eigenvalue weighted by molar-refractivity contribution is 5.91. The van der Waals surface area contributed by atoms with Crippen molar-refractivity contribution in [1.82, 2.24) is 19.6 Å². The average molecular weight is 505 g/mol. The molecule has 1 unspecified atom stereocenters. The first kappa shape index (κ1) is 22.2. The number of hydrogen-bond acceptors (Lipinski definition) is 6. The van der Waals surface area contributed by atoms with Crippen molar-refractivity contribution in [2.75, 3.05) is 14.2 Å². The normalized spacial score (nSPS) is 14.1. The molecule has 0 fully saturated rings. The summed E-state index contributed by atoms with van der Waals surface area (Å²) in [6.45, 7) is 0. The molecular formula is C30H21FN4O3. The third-order valence-corrected chi connectivity index (χ3v) is 6.94. The minimum Gasteiger partial charge on any atom is -0.493 e. The van der Waals surface area contributed by atoms with Crippen LogP contribution in [0.5, 0.6) is 23.1 Å². The van der Waals surface area contributed by atoms with E-state index in [9.17, 15) is 4.39 Å². The van der Waals surface area contributed by atoms with Gasteiger partial charge in [-0.15, -0.1) is 5.10 Å². The maximum atomic E-state index is 13.5. The zero-order chi connectivity index (χ0) is 25.8. The standard InChI is InChI=1S/C30H21FN4O3/c1-36-23-14-10-19(15-24(23)37-2)25-22-13-9-17-5-3-4-6-21(17)27(22)38-30-26(25)29-33-28(34-35(29)16-32-30)18-7-11-20(31)12-8-18/h3-16,25H,1-2H3. The molecule has 2 aromatic heterocycles. The molecule has 0 amide bonds. The summed E-state index contributed by atoms with van der Waals surface area (Å²) in [6.07, 6.45) is 1.59. The second-order valence-electron chi connectivity index (χ2n) is 9.03. The fourth-order valence-corrected chi connectivity index (χ4v) is 5.15. The summed E-state index contributed by atoms with van der Waals surface area (Å²) < 4.78 is 32.8. The van der Waals surface area contributed by atoms with E-state index < -0.39 is 0 Å². The smallest absolute Gasteiger partial charge is 0.228 e. The van der Waals surface area contributed by atoms with E-state index in [0.29, 0.717) is 34.4 Å². The van der Waals surface area contributed by atoms with Crippen molar-refractivity contribution in [3.63, 3.8) is 0 Å². The van der Waals surface area contributed by atoms with Gasteiger partial charge in [-0.3, -0.25) is 0 Å². The minimum atomic E-state index is -0.317. The van der Waals surface area contributed by atoms with E-state index in [-0.39, 0.29) is 11.7 Å².